The standard InChI is InChI=1S/C23H27Cl4N3O4S/c1-5-20(23(32)28-14(2)3)29(12-15-6-7-16(24)10-18(15)26)22(31)13-30(35(4,33)34)21-9-8-17(25)11-19(21)27/h6-11,14,20H,5,12-13H2,1-4H3,(H,28,32)/t20-/m1/s1. The summed E-state index contributed by atoms with van der Waals surface area (Å²) < 4.78 is 26.2. The van der Waals surface area contributed by atoms with Crippen LogP contribution in [0.15, 0.2) is 36.4 Å². The van der Waals surface area contributed by atoms with E-state index in [1.165, 1.54) is 29.2 Å². The minimum atomic E-state index is -3.93. The van der Waals surface area contributed by atoms with Gasteiger partial charge in [0.25, 0.3) is 0 Å². The fourth-order valence-corrected chi connectivity index (χ4v) is 5.30. The molecule has 35 heavy (non-hydrogen) atoms. The molecule has 0 fully saturated rings. The van der Waals surface area contributed by atoms with E-state index in [0.717, 1.165) is 10.6 Å². The Morgan fingerprint density at radius 3 is 2.03 bits per heavy atom. The van der Waals surface area contributed by atoms with Crippen LogP contribution in [0.4, 0.5) is 5.69 Å². The van der Waals surface area contributed by atoms with Gasteiger partial charge in [0.05, 0.1) is 17.0 Å². The van der Waals surface area contributed by atoms with Crippen molar-refractivity contribution in [3.63, 3.8) is 0 Å². The molecule has 0 aliphatic heterocycles. The van der Waals surface area contributed by atoms with Crippen molar-refractivity contribution < 1.29 is 18.0 Å². The van der Waals surface area contributed by atoms with Crippen molar-refractivity contribution >= 4 is 73.9 Å². The van der Waals surface area contributed by atoms with Crippen LogP contribution in [0, 0.1) is 0 Å². The molecule has 0 heterocycles. The molecule has 1 atom stereocenters. The minimum absolute atomic E-state index is 0.0369. The predicted molar refractivity (Wildman–Crippen MR) is 143 cm³/mol. The Morgan fingerprint density at radius 1 is 0.971 bits per heavy atom. The van der Waals surface area contributed by atoms with Gasteiger partial charge in [0.2, 0.25) is 21.8 Å². The SMILES string of the molecule is CC[C@H](C(=O)NC(C)C)N(Cc1ccc(Cl)cc1Cl)C(=O)CN(c1ccc(Cl)cc1Cl)S(C)(=O)=O. The summed E-state index contributed by atoms with van der Waals surface area (Å²) in [5.74, 6) is -0.977. The zero-order valence-corrected chi connectivity index (χ0v) is 23.5. The topological polar surface area (TPSA) is 86.8 Å². The monoisotopic (exact) mass is 581 g/mol. The number of carbonyl (C=O) groups excluding carboxylic acids is 2. The average molecular weight is 583 g/mol. The van der Waals surface area contributed by atoms with E-state index in [1.807, 2.05) is 0 Å². The number of hydrogen-bond donors (Lipinski definition) is 1. The Morgan fingerprint density at radius 2 is 1.54 bits per heavy atom. The van der Waals surface area contributed by atoms with Crippen molar-refractivity contribution in [1.82, 2.24) is 10.2 Å². The summed E-state index contributed by atoms with van der Waals surface area (Å²) in [4.78, 5) is 27.9. The number of anilines is 1. The number of sulfonamides is 1. The normalized spacial score (nSPS) is 12.4. The molecule has 1 N–H and O–H groups in total. The number of halogens is 4. The molecule has 2 amide bonds. The van der Waals surface area contributed by atoms with Gasteiger partial charge in [-0.3, -0.25) is 13.9 Å². The second-order valence-electron chi connectivity index (χ2n) is 8.21. The van der Waals surface area contributed by atoms with E-state index >= 15 is 0 Å². The zero-order valence-electron chi connectivity index (χ0n) is 19.7. The molecule has 0 unspecified atom stereocenters. The summed E-state index contributed by atoms with van der Waals surface area (Å²) in [6.07, 6.45) is 1.25. The summed E-state index contributed by atoms with van der Waals surface area (Å²) in [6, 6.07) is 8.05. The highest BCUT2D eigenvalue weighted by atomic mass is 35.5. The lowest BCUT2D eigenvalue weighted by Gasteiger charge is -2.33. The number of nitrogens with zero attached hydrogens (tertiary/aromatic N) is 2. The van der Waals surface area contributed by atoms with E-state index in [4.69, 9.17) is 46.4 Å². The Kier molecular flexibility index (Phi) is 10.5. The highest BCUT2D eigenvalue weighted by Crippen LogP contribution is 2.31. The molecule has 2 aromatic carbocycles. The van der Waals surface area contributed by atoms with Crippen molar-refractivity contribution in [2.75, 3.05) is 17.1 Å². The van der Waals surface area contributed by atoms with Crippen molar-refractivity contribution in [2.24, 2.45) is 0 Å². The number of amides is 2. The van der Waals surface area contributed by atoms with E-state index in [2.05, 4.69) is 5.32 Å². The van der Waals surface area contributed by atoms with Gasteiger partial charge < -0.3 is 10.2 Å². The van der Waals surface area contributed by atoms with Crippen LogP contribution in [0.5, 0.6) is 0 Å². The van der Waals surface area contributed by atoms with Gasteiger partial charge in [-0.15, -0.1) is 0 Å². The first kappa shape index (κ1) is 29.5. The average Bonchev–Trinajstić information content (AvgIpc) is 2.72. The van der Waals surface area contributed by atoms with Crippen molar-refractivity contribution in [2.45, 2.75) is 45.8 Å². The molecular weight excluding hydrogens is 556 g/mol. The molecular formula is C23H27Cl4N3O4S. The first-order valence-corrected chi connectivity index (χ1v) is 14.1. The van der Waals surface area contributed by atoms with E-state index in [0.29, 0.717) is 20.6 Å². The van der Waals surface area contributed by atoms with Crippen LogP contribution in [0.1, 0.15) is 32.8 Å². The molecule has 0 spiro atoms. The quantitative estimate of drug-likeness (QED) is 0.406. The molecule has 0 bridgehead atoms. The second kappa shape index (κ2) is 12.5. The zero-order chi connectivity index (χ0) is 26.5. The van der Waals surface area contributed by atoms with Crippen molar-refractivity contribution in [1.29, 1.82) is 0 Å². The lowest BCUT2D eigenvalue weighted by molar-refractivity contribution is -0.140. The molecule has 0 aliphatic rings. The third-order valence-electron chi connectivity index (χ3n) is 5.03. The Bertz CT molecular complexity index is 1190. The fourth-order valence-electron chi connectivity index (χ4n) is 3.41. The van der Waals surface area contributed by atoms with Crippen molar-refractivity contribution in [3.8, 4) is 0 Å². The Hall–Kier alpha value is -1.71. The third-order valence-corrected chi connectivity index (χ3v) is 7.28. The van der Waals surface area contributed by atoms with Gasteiger partial charge in [0.15, 0.2) is 0 Å². The summed E-state index contributed by atoms with van der Waals surface area (Å²) in [7, 11) is -3.93. The molecule has 0 saturated carbocycles. The third kappa shape index (κ3) is 8.15. The minimum Gasteiger partial charge on any atom is -0.352 e. The molecule has 2 rings (SSSR count). The Labute approximate surface area is 226 Å². The molecule has 192 valence electrons. The number of benzene rings is 2. The van der Waals surface area contributed by atoms with Gasteiger partial charge in [0.1, 0.15) is 12.6 Å². The first-order valence-electron chi connectivity index (χ1n) is 10.7. The molecule has 0 radical (unpaired) electrons. The van der Waals surface area contributed by atoms with Crippen LogP contribution in [-0.4, -0.2) is 50.0 Å². The summed E-state index contributed by atoms with van der Waals surface area (Å²) >= 11 is 24.5. The van der Waals surface area contributed by atoms with Gasteiger partial charge >= 0.3 is 0 Å². The van der Waals surface area contributed by atoms with Crippen molar-refractivity contribution in [3.05, 3.63) is 62.1 Å². The van der Waals surface area contributed by atoms with Gasteiger partial charge in [-0.05, 0) is 56.2 Å². The van der Waals surface area contributed by atoms with E-state index < -0.39 is 28.5 Å². The Balaban J connectivity index is 2.51. The van der Waals surface area contributed by atoms with Crippen LogP contribution in [0.2, 0.25) is 20.1 Å². The maximum absolute atomic E-state index is 13.6. The molecule has 7 nitrogen and oxygen atoms in total. The molecule has 2 aromatic rings. The summed E-state index contributed by atoms with van der Waals surface area (Å²) in [5, 5.41) is 3.92. The second-order valence-corrected chi connectivity index (χ2v) is 11.8. The predicted octanol–water partition coefficient (Wildman–Crippen LogP) is 5.40. The van der Waals surface area contributed by atoms with Crippen LogP contribution < -0.4 is 9.62 Å². The number of rotatable bonds is 10. The number of carbonyl (C=O) groups is 2. The molecule has 12 heteroatoms. The summed E-state index contributed by atoms with van der Waals surface area (Å²) in [6.45, 7) is 4.75. The van der Waals surface area contributed by atoms with Crippen LogP contribution in [0.3, 0.4) is 0 Å². The van der Waals surface area contributed by atoms with E-state index in [1.54, 1.807) is 32.9 Å². The van der Waals surface area contributed by atoms with Crippen LogP contribution >= 0.6 is 46.4 Å². The molecule has 0 saturated heterocycles. The highest BCUT2D eigenvalue weighted by Gasteiger charge is 2.32. The van der Waals surface area contributed by atoms with Gasteiger partial charge in [-0.25, -0.2) is 8.42 Å². The largest absolute Gasteiger partial charge is 0.352 e. The first-order chi connectivity index (χ1) is 16.2. The van der Waals surface area contributed by atoms with Crippen LogP contribution in [-0.2, 0) is 26.2 Å². The van der Waals surface area contributed by atoms with Gasteiger partial charge in [-0.2, -0.15) is 0 Å². The van der Waals surface area contributed by atoms with Gasteiger partial charge in [-0.1, -0.05) is 59.4 Å². The highest BCUT2D eigenvalue weighted by molar-refractivity contribution is 7.92. The van der Waals surface area contributed by atoms with E-state index in [9.17, 15) is 18.0 Å². The maximum atomic E-state index is 13.6. The van der Waals surface area contributed by atoms with Gasteiger partial charge in [0, 0.05) is 27.7 Å². The number of hydrogen-bond acceptors (Lipinski definition) is 4. The lowest BCUT2D eigenvalue weighted by atomic mass is 10.1. The molecule has 0 aliphatic carbocycles. The van der Waals surface area contributed by atoms with E-state index in [-0.39, 0.29) is 35.6 Å². The number of nitrogens with one attached hydrogen (secondary N) is 1. The smallest absolute Gasteiger partial charge is 0.244 e. The fraction of sp³-hybridized carbons (Fsp3) is 0.391. The summed E-state index contributed by atoms with van der Waals surface area (Å²) in [5.41, 5.74) is 0.645. The molecule has 0 aromatic heterocycles. The maximum Gasteiger partial charge on any atom is 0.244 e. The lowest BCUT2D eigenvalue weighted by Crippen LogP contribution is -2.53. The van der Waals surface area contributed by atoms with Crippen LogP contribution in [0.25, 0.3) is 0 Å².